The standard InChI is InChI=1S/C21H26N2O/c1-2-15-14-23-10-9-18(15)12-20(23)13-22-21(24)19-8-7-16-5-3-4-6-17(16)11-19/h3-8,11,15,18,20H,2,9-10,12-14H2,1H3,(H,22,24)/p+1/t15-,18-,20+/m0/s1. The average molecular weight is 323 g/mol. The Morgan fingerprint density at radius 1 is 1.21 bits per heavy atom. The zero-order chi connectivity index (χ0) is 16.5. The Hall–Kier alpha value is -1.87. The van der Waals surface area contributed by atoms with Crippen LogP contribution in [0.1, 0.15) is 36.5 Å². The highest BCUT2D eigenvalue weighted by Crippen LogP contribution is 2.28. The van der Waals surface area contributed by atoms with Crippen molar-refractivity contribution in [2.45, 2.75) is 32.2 Å². The molecular weight excluding hydrogens is 296 g/mol. The van der Waals surface area contributed by atoms with Crippen LogP contribution in [-0.4, -0.2) is 31.6 Å². The molecule has 2 bridgehead atoms. The van der Waals surface area contributed by atoms with E-state index >= 15 is 0 Å². The van der Waals surface area contributed by atoms with Gasteiger partial charge in [0.15, 0.2) is 0 Å². The zero-order valence-electron chi connectivity index (χ0n) is 14.4. The fourth-order valence-corrected chi connectivity index (χ4v) is 4.78. The summed E-state index contributed by atoms with van der Waals surface area (Å²) in [4.78, 5) is 14.2. The molecule has 0 saturated carbocycles. The van der Waals surface area contributed by atoms with E-state index in [2.05, 4.69) is 24.4 Å². The number of hydrogen-bond donors (Lipinski definition) is 2. The van der Waals surface area contributed by atoms with Gasteiger partial charge in [0.05, 0.1) is 19.6 Å². The maximum atomic E-state index is 12.5. The molecule has 3 heteroatoms. The summed E-state index contributed by atoms with van der Waals surface area (Å²) < 4.78 is 0. The van der Waals surface area contributed by atoms with Gasteiger partial charge in [-0.15, -0.1) is 0 Å². The van der Waals surface area contributed by atoms with E-state index in [1.165, 1.54) is 37.7 Å². The number of quaternary nitrogens is 1. The van der Waals surface area contributed by atoms with E-state index in [0.717, 1.165) is 29.3 Å². The fourth-order valence-electron chi connectivity index (χ4n) is 4.78. The van der Waals surface area contributed by atoms with Crippen molar-refractivity contribution in [2.24, 2.45) is 11.8 Å². The van der Waals surface area contributed by atoms with Crippen molar-refractivity contribution in [3.8, 4) is 0 Å². The molecule has 0 spiro atoms. The molecular formula is C21H27N2O+. The van der Waals surface area contributed by atoms with Crippen LogP contribution in [0.4, 0.5) is 0 Å². The van der Waals surface area contributed by atoms with Gasteiger partial charge in [0.2, 0.25) is 0 Å². The van der Waals surface area contributed by atoms with Crippen LogP contribution in [0.15, 0.2) is 42.5 Å². The third-order valence-corrected chi connectivity index (χ3v) is 6.24. The van der Waals surface area contributed by atoms with E-state index < -0.39 is 0 Å². The van der Waals surface area contributed by atoms with E-state index in [-0.39, 0.29) is 5.91 Å². The third-order valence-electron chi connectivity index (χ3n) is 6.24. The summed E-state index contributed by atoms with van der Waals surface area (Å²) in [5, 5.41) is 5.50. The maximum Gasteiger partial charge on any atom is 0.251 e. The average Bonchev–Trinajstić information content (AvgIpc) is 2.66. The zero-order valence-corrected chi connectivity index (χ0v) is 14.4. The van der Waals surface area contributed by atoms with Crippen molar-refractivity contribution in [1.82, 2.24) is 5.32 Å². The van der Waals surface area contributed by atoms with Crippen molar-refractivity contribution in [1.29, 1.82) is 0 Å². The lowest BCUT2D eigenvalue weighted by Gasteiger charge is -2.46. The van der Waals surface area contributed by atoms with E-state index in [0.29, 0.717) is 6.04 Å². The molecule has 3 saturated heterocycles. The van der Waals surface area contributed by atoms with Crippen LogP contribution in [0.2, 0.25) is 0 Å². The van der Waals surface area contributed by atoms with E-state index in [4.69, 9.17) is 0 Å². The minimum atomic E-state index is 0.0647. The first-order chi connectivity index (χ1) is 11.7. The molecule has 5 rings (SSSR count). The number of carbonyl (C=O) groups is 1. The molecule has 3 heterocycles. The number of rotatable bonds is 4. The van der Waals surface area contributed by atoms with Crippen molar-refractivity contribution < 1.29 is 9.69 Å². The normalized spacial score (nSPS) is 28.9. The number of benzene rings is 2. The van der Waals surface area contributed by atoms with E-state index in [9.17, 15) is 4.79 Å². The molecule has 2 aromatic carbocycles. The minimum Gasteiger partial charge on any atom is -0.346 e. The Kier molecular flexibility index (Phi) is 4.28. The lowest BCUT2D eigenvalue weighted by molar-refractivity contribution is -0.945. The van der Waals surface area contributed by atoms with Crippen molar-refractivity contribution in [2.75, 3.05) is 19.6 Å². The van der Waals surface area contributed by atoms with Gasteiger partial charge in [0, 0.05) is 24.3 Å². The van der Waals surface area contributed by atoms with Crippen LogP contribution in [0.5, 0.6) is 0 Å². The largest absolute Gasteiger partial charge is 0.346 e. The Bertz CT molecular complexity index is 741. The quantitative estimate of drug-likeness (QED) is 0.889. The van der Waals surface area contributed by atoms with Crippen LogP contribution in [0, 0.1) is 11.8 Å². The van der Waals surface area contributed by atoms with E-state index in [1.54, 1.807) is 4.90 Å². The third kappa shape index (κ3) is 2.93. The second kappa shape index (κ2) is 6.56. The van der Waals surface area contributed by atoms with Gasteiger partial charge in [-0.05, 0) is 35.2 Å². The fraction of sp³-hybridized carbons (Fsp3) is 0.476. The first-order valence-electron chi connectivity index (χ1n) is 9.36. The van der Waals surface area contributed by atoms with Crippen LogP contribution >= 0.6 is 0 Å². The van der Waals surface area contributed by atoms with Crippen LogP contribution < -0.4 is 10.2 Å². The molecule has 0 aliphatic carbocycles. The number of piperidine rings is 3. The molecule has 1 unspecified atom stereocenters. The molecule has 3 aliphatic rings. The van der Waals surface area contributed by atoms with Gasteiger partial charge in [-0.25, -0.2) is 0 Å². The molecule has 2 N–H and O–H groups in total. The first kappa shape index (κ1) is 15.6. The summed E-state index contributed by atoms with van der Waals surface area (Å²) in [5.74, 6) is 1.85. The predicted molar refractivity (Wildman–Crippen MR) is 97.3 cm³/mol. The van der Waals surface area contributed by atoms with Gasteiger partial charge in [-0.1, -0.05) is 37.3 Å². The summed E-state index contributed by atoms with van der Waals surface area (Å²) >= 11 is 0. The SMILES string of the molecule is CC[C@H]1C[NH+]2CC[C@H]1C[C@@H]2CNC(=O)c1ccc2ccccc2c1. The highest BCUT2D eigenvalue weighted by Gasteiger charge is 2.42. The summed E-state index contributed by atoms with van der Waals surface area (Å²) in [7, 11) is 0. The molecule has 0 radical (unpaired) electrons. The van der Waals surface area contributed by atoms with Gasteiger partial charge in [-0.3, -0.25) is 4.79 Å². The Labute approximate surface area is 144 Å². The highest BCUT2D eigenvalue weighted by molar-refractivity contribution is 5.98. The molecule has 3 nitrogen and oxygen atoms in total. The van der Waals surface area contributed by atoms with Gasteiger partial charge in [0.25, 0.3) is 5.91 Å². The van der Waals surface area contributed by atoms with Crippen molar-refractivity contribution in [3.63, 3.8) is 0 Å². The van der Waals surface area contributed by atoms with Crippen molar-refractivity contribution in [3.05, 3.63) is 48.0 Å². The molecule has 2 aromatic rings. The summed E-state index contributed by atoms with van der Waals surface area (Å²) in [5.41, 5.74) is 0.770. The van der Waals surface area contributed by atoms with Gasteiger partial charge in [0.1, 0.15) is 6.04 Å². The molecule has 126 valence electrons. The topological polar surface area (TPSA) is 33.5 Å². The Morgan fingerprint density at radius 2 is 2.04 bits per heavy atom. The number of hydrogen-bond acceptors (Lipinski definition) is 1. The number of nitrogens with one attached hydrogen (secondary N) is 2. The molecule has 0 aromatic heterocycles. The Morgan fingerprint density at radius 3 is 2.79 bits per heavy atom. The summed E-state index contributed by atoms with van der Waals surface area (Å²) in [6, 6.07) is 14.8. The second-order valence-corrected chi connectivity index (χ2v) is 7.53. The predicted octanol–water partition coefficient (Wildman–Crippen LogP) is 2.27. The van der Waals surface area contributed by atoms with Gasteiger partial charge < -0.3 is 10.2 Å². The molecule has 3 aliphatic heterocycles. The first-order valence-corrected chi connectivity index (χ1v) is 9.36. The van der Waals surface area contributed by atoms with E-state index in [1.807, 2.05) is 30.3 Å². The minimum absolute atomic E-state index is 0.0647. The lowest BCUT2D eigenvalue weighted by atomic mass is 9.74. The summed E-state index contributed by atoms with van der Waals surface area (Å²) in [6.45, 7) is 5.73. The van der Waals surface area contributed by atoms with Gasteiger partial charge in [-0.2, -0.15) is 0 Å². The maximum absolute atomic E-state index is 12.5. The lowest BCUT2D eigenvalue weighted by Crippen LogP contribution is -3.20. The van der Waals surface area contributed by atoms with Crippen LogP contribution in [0.25, 0.3) is 10.8 Å². The smallest absolute Gasteiger partial charge is 0.251 e. The van der Waals surface area contributed by atoms with Crippen LogP contribution in [-0.2, 0) is 0 Å². The monoisotopic (exact) mass is 323 g/mol. The molecule has 1 amide bonds. The Balaban J connectivity index is 1.39. The molecule has 4 atom stereocenters. The second-order valence-electron chi connectivity index (χ2n) is 7.53. The number of amides is 1. The summed E-state index contributed by atoms with van der Waals surface area (Å²) in [6.07, 6.45) is 3.97. The molecule has 3 fully saturated rings. The number of fused-ring (bicyclic) bond motifs is 4. The highest BCUT2D eigenvalue weighted by atomic mass is 16.1. The number of carbonyl (C=O) groups excluding carboxylic acids is 1. The van der Waals surface area contributed by atoms with Crippen LogP contribution in [0.3, 0.4) is 0 Å². The van der Waals surface area contributed by atoms with Gasteiger partial charge >= 0.3 is 0 Å². The molecule has 24 heavy (non-hydrogen) atoms. The van der Waals surface area contributed by atoms with Crippen molar-refractivity contribution >= 4 is 16.7 Å².